The zero-order valence-corrected chi connectivity index (χ0v) is 10.4. The molecule has 0 bridgehead atoms. The molecule has 3 N–H and O–H groups in total. The van der Waals surface area contributed by atoms with Crippen molar-refractivity contribution in [3.05, 3.63) is 0 Å². The average molecular weight is 200 g/mol. The Labute approximate surface area is 89.6 Å². The van der Waals surface area contributed by atoms with Crippen LogP contribution in [0.15, 0.2) is 0 Å². The smallest absolute Gasteiger partial charge is 0.00392 e. The van der Waals surface area contributed by atoms with E-state index in [1.807, 2.05) is 27.7 Å². The van der Waals surface area contributed by atoms with Crippen LogP contribution in [0.1, 0.15) is 53.4 Å². The molecule has 86 valence electrons. The normalized spacial score (nSPS) is 23.8. The van der Waals surface area contributed by atoms with E-state index in [2.05, 4.69) is 5.32 Å². The first-order valence-corrected chi connectivity index (χ1v) is 6.27. The molecule has 2 heteroatoms. The van der Waals surface area contributed by atoms with Gasteiger partial charge in [-0.2, -0.15) is 0 Å². The van der Waals surface area contributed by atoms with Crippen LogP contribution >= 0.6 is 0 Å². The second-order valence-electron chi connectivity index (χ2n) is 3.94. The van der Waals surface area contributed by atoms with E-state index in [0.717, 1.165) is 0 Å². The van der Waals surface area contributed by atoms with Crippen molar-refractivity contribution in [1.29, 1.82) is 0 Å². The van der Waals surface area contributed by atoms with Gasteiger partial charge in [0.2, 0.25) is 0 Å². The Balaban J connectivity index is 0.000000379. The van der Waals surface area contributed by atoms with E-state index in [0.29, 0.717) is 11.5 Å². The summed E-state index contributed by atoms with van der Waals surface area (Å²) in [6.07, 6.45) is 5.23. The highest BCUT2D eigenvalue weighted by Crippen LogP contribution is 2.38. The van der Waals surface area contributed by atoms with Crippen LogP contribution < -0.4 is 11.1 Å². The fourth-order valence-electron chi connectivity index (χ4n) is 2.08. The van der Waals surface area contributed by atoms with Gasteiger partial charge in [0.25, 0.3) is 0 Å². The maximum Gasteiger partial charge on any atom is 0.00392 e. The van der Waals surface area contributed by atoms with Gasteiger partial charge in [0, 0.05) is 19.1 Å². The number of nitrogens with one attached hydrogen (secondary N) is 1. The highest BCUT2D eigenvalue weighted by molar-refractivity contribution is 4.96. The molecule has 0 aromatic rings. The molecule has 1 spiro atoms. The largest absolute Gasteiger partial charge is 0.328 e. The fourth-order valence-corrected chi connectivity index (χ4v) is 2.08. The van der Waals surface area contributed by atoms with Crippen LogP contribution in [-0.2, 0) is 0 Å². The lowest BCUT2D eigenvalue weighted by Crippen LogP contribution is -2.55. The minimum absolute atomic E-state index is 0.506. The predicted molar refractivity (Wildman–Crippen MR) is 64.4 cm³/mol. The molecular weight excluding hydrogens is 172 g/mol. The van der Waals surface area contributed by atoms with Crippen LogP contribution in [0.5, 0.6) is 0 Å². The van der Waals surface area contributed by atoms with Crippen molar-refractivity contribution in [2.45, 2.75) is 59.4 Å². The molecule has 1 saturated heterocycles. The minimum atomic E-state index is 0.506. The summed E-state index contributed by atoms with van der Waals surface area (Å²) in [6.45, 7) is 10.5. The summed E-state index contributed by atoms with van der Waals surface area (Å²) < 4.78 is 0. The maximum atomic E-state index is 5.81. The fraction of sp³-hybridized carbons (Fsp3) is 1.00. The Morgan fingerprint density at radius 1 is 1.00 bits per heavy atom. The van der Waals surface area contributed by atoms with E-state index in [-0.39, 0.29) is 0 Å². The Bertz CT molecular complexity index is 120. The van der Waals surface area contributed by atoms with Gasteiger partial charge in [-0.1, -0.05) is 27.7 Å². The first kappa shape index (κ1) is 13.9. The van der Waals surface area contributed by atoms with Crippen LogP contribution in [0.4, 0.5) is 0 Å². The van der Waals surface area contributed by atoms with Crippen LogP contribution in [0, 0.1) is 5.41 Å². The first-order chi connectivity index (χ1) is 6.81. The summed E-state index contributed by atoms with van der Waals surface area (Å²) in [7, 11) is 0. The summed E-state index contributed by atoms with van der Waals surface area (Å²) in [4.78, 5) is 0. The van der Waals surface area contributed by atoms with Crippen LogP contribution in [0.2, 0.25) is 0 Å². The molecule has 2 rings (SSSR count). The molecule has 2 nitrogen and oxygen atoms in total. The molecule has 2 aliphatic rings. The zero-order chi connectivity index (χ0) is 11.0. The second kappa shape index (κ2) is 7.24. The van der Waals surface area contributed by atoms with E-state index in [1.165, 1.54) is 38.8 Å². The van der Waals surface area contributed by atoms with Gasteiger partial charge in [0.05, 0.1) is 0 Å². The van der Waals surface area contributed by atoms with Crippen molar-refractivity contribution >= 4 is 0 Å². The standard InChI is InChI=1S/C8H16N2.2C2H6/c9-7-1-3-8(4-2-7)5-10-6-8;2*1-2/h7,10H,1-6,9H2;2*1-2H3. The van der Waals surface area contributed by atoms with E-state index in [9.17, 15) is 0 Å². The van der Waals surface area contributed by atoms with Crippen LogP contribution in [0.25, 0.3) is 0 Å². The van der Waals surface area contributed by atoms with Crippen LogP contribution in [0.3, 0.4) is 0 Å². The maximum absolute atomic E-state index is 5.81. The third-order valence-electron chi connectivity index (χ3n) is 3.09. The molecule has 0 amide bonds. The molecular formula is C12H28N2. The Morgan fingerprint density at radius 3 is 1.71 bits per heavy atom. The van der Waals surface area contributed by atoms with Gasteiger partial charge in [-0.15, -0.1) is 0 Å². The highest BCUT2D eigenvalue weighted by atomic mass is 15.0. The molecule has 0 aromatic heterocycles. The molecule has 1 heterocycles. The van der Waals surface area contributed by atoms with Gasteiger partial charge in [0.1, 0.15) is 0 Å². The Kier molecular flexibility index (Phi) is 7.20. The van der Waals surface area contributed by atoms with Crippen molar-refractivity contribution in [2.24, 2.45) is 11.1 Å². The van der Waals surface area contributed by atoms with E-state index >= 15 is 0 Å². The molecule has 1 aliphatic heterocycles. The van der Waals surface area contributed by atoms with E-state index < -0.39 is 0 Å². The lowest BCUT2D eigenvalue weighted by Gasteiger charge is -2.46. The third kappa shape index (κ3) is 3.58. The monoisotopic (exact) mass is 200 g/mol. The number of hydrogen-bond acceptors (Lipinski definition) is 2. The van der Waals surface area contributed by atoms with Crippen molar-refractivity contribution in [3.8, 4) is 0 Å². The van der Waals surface area contributed by atoms with Gasteiger partial charge >= 0.3 is 0 Å². The number of hydrogen-bond donors (Lipinski definition) is 2. The quantitative estimate of drug-likeness (QED) is 0.630. The van der Waals surface area contributed by atoms with E-state index in [1.54, 1.807) is 0 Å². The summed E-state index contributed by atoms with van der Waals surface area (Å²) in [5.74, 6) is 0. The summed E-state index contributed by atoms with van der Waals surface area (Å²) in [5, 5.41) is 3.35. The van der Waals surface area contributed by atoms with Crippen LogP contribution in [-0.4, -0.2) is 19.1 Å². The summed E-state index contributed by atoms with van der Waals surface area (Å²) >= 11 is 0. The van der Waals surface area contributed by atoms with Gasteiger partial charge in [-0.05, 0) is 31.1 Å². The number of nitrogens with two attached hydrogens (primary N) is 1. The molecule has 1 saturated carbocycles. The van der Waals surface area contributed by atoms with Crippen molar-refractivity contribution in [2.75, 3.05) is 13.1 Å². The van der Waals surface area contributed by atoms with Gasteiger partial charge in [0.15, 0.2) is 0 Å². The molecule has 1 aliphatic carbocycles. The minimum Gasteiger partial charge on any atom is -0.328 e. The predicted octanol–water partition coefficient (Wildman–Crippen LogP) is 2.53. The Morgan fingerprint density at radius 2 is 1.43 bits per heavy atom. The molecule has 0 atom stereocenters. The summed E-state index contributed by atoms with van der Waals surface area (Å²) in [5.41, 5.74) is 6.50. The van der Waals surface area contributed by atoms with Crippen molar-refractivity contribution in [1.82, 2.24) is 5.32 Å². The third-order valence-corrected chi connectivity index (χ3v) is 3.09. The van der Waals surface area contributed by atoms with E-state index in [4.69, 9.17) is 5.73 Å². The molecule has 2 fully saturated rings. The second-order valence-corrected chi connectivity index (χ2v) is 3.94. The number of rotatable bonds is 0. The van der Waals surface area contributed by atoms with Gasteiger partial charge in [-0.25, -0.2) is 0 Å². The summed E-state index contributed by atoms with van der Waals surface area (Å²) in [6, 6.07) is 0.506. The Hall–Kier alpha value is -0.0800. The lowest BCUT2D eigenvalue weighted by molar-refractivity contribution is 0.0985. The lowest BCUT2D eigenvalue weighted by atomic mass is 9.69. The molecule has 14 heavy (non-hydrogen) atoms. The first-order valence-electron chi connectivity index (χ1n) is 6.27. The molecule has 0 aromatic carbocycles. The topological polar surface area (TPSA) is 38.0 Å². The highest BCUT2D eigenvalue weighted by Gasteiger charge is 2.39. The van der Waals surface area contributed by atoms with Gasteiger partial charge in [-0.3, -0.25) is 0 Å². The van der Waals surface area contributed by atoms with Crippen molar-refractivity contribution < 1.29 is 0 Å². The SMILES string of the molecule is CC.CC.NC1CCC2(CC1)CNC2. The van der Waals surface area contributed by atoms with Gasteiger partial charge < -0.3 is 11.1 Å². The molecule has 0 unspecified atom stereocenters. The molecule has 0 radical (unpaired) electrons. The zero-order valence-electron chi connectivity index (χ0n) is 10.4. The van der Waals surface area contributed by atoms with Crippen molar-refractivity contribution in [3.63, 3.8) is 0 Å². The average Bonchev–Trinajstić information content (AvgIpc) is 2.23.